The highest BCUT2D eigenvalue weighted by Gasteiger charge is 2.27. The average molecular weight is 387 g/mol. The molecule has 0 atom stereocenters. The van der Waals surface area contributed by atoms with Crippen molar-refractivity contribution in [2.24, 2.45) is 0 Å². The third kappa shape index (κ3) is 3.61. The first-order valence-electron chi connectivity index (χ1n) is 8.31. The number of hydrogen-bond acceptors (Lipinski definition) is 5. The number of ether oxygens (including phenoxy) is 1. The fourth-order valence-corrected chi connectivity index (χ4v) is 4.21. The molecule has 1 aromatic heterocycles. The van der Waals surface area contributed by atoms with Gasteiger partial charge in [-0.15, -0.1) is 0 Å². The molecular formula is C19H21N3O4S. The normalized spacial score (nSPS) is 12.1. The maximum atomic E-state index is 13.1. The third-order valence-corrected chi connectivity index (χ3v) is 5.52. The summed E-state index contributed by atoms with van der Waals surface area (Å²) >= 11 is 0. The standard InChI is InChI=1S/C19H21N3O4S/c1-19(2,3)26-18(23)21-16-14-11-7-8-12-15(14)22(17(16)20)27(24,25)13-9-5-4-6-10-13/h4-12H,20H2,1-3H3,(H,21,23). The van der Waals surface area contributed by atoms with Crippen LogP contribution in [-0.2, 0) is 14.8 Å². The van der Waals surface area contributed by atoms with Crippen molar-refractivity contribution in [1.29, 1.82) is 0 Å². The molecular weight excluding hydrogens is 366 g/mol. The van der Waals surface area contributed by atoms with Gasteiger partial charge >= 0.3 is 6.09 Å². The summed E-state index contributed by atoms with van der Waals surface area (Å²) in [5.41, 5.74) is 6.02. The Kier molecular flexibility index (Phi) is 4.61. The molecule has 1 amide bonds. The van der Waals surface area contributed by atoms with Crippen LogP contribution in [0.2, 0.25) is 0 Å². The number of para-hydroxylation sites is 1. The van der Waals surface area contributed by atoms with Crippen molar-refractivity contribution in [3.8, 4) is 0 Å². The van der Waals surface area contributed by atoms with Crippen LogP contribution < -0.4 is 11.1 Å². The van der Waals surface area contributed by atoms with Crippen molar-refractivity contribution in [3.05, 3.63) is 54.6 Å². The highest BCUT2D eigenvalue weighted by molar-refractivity contribution is 7.90. The average Bonchev–Trinajstić information content (AvgIpc) is 2.87. The smallest absolute Gasteiger partial charge is 0.412 e. The maximum absolute atomic E-state index is 13.1. The van der Waals surface area contributed by atoms with Crippen LogP contribution in [0.5, 0.6) is 0 Å². The number of carbonyl (C=O) groups excluding carboxylic acids is 1. The summed E-state index contributed by atoms with van der Waals surface area (Å²) < 4.78 is 32.6. The lowest BCUT2D eigenvalue weighted by Crippen LogP contribution is -2.27. The van der Waals surface area contributed by atoms with E-state index in [0.29, 0.717) is 10.9 Å². The van der Waals surface area contributed by atoms with E-state index in [9.17, 15) is 13.2 Å². The fraction of sp³-hybridized carbons (Fsp3) is 0.211. The van der Waals surface area contributed by atoms with Gasteiger partial charge in [0.05, 0.1) is 16.1 Å². The molecule has 2 aromatic carbocycles. The van der Waals surface area contributed by atoms with Crippen molar-refractivity contribution >= 4 is 38.5 Å². The molecule has 0 radical (unpaired) electrons. The molecule has 142 valence electrons. The van der Waals surface area contributed by atoms with E-state index in [4.69, 9.17) is 10.5 Å². The van der Waals surface area contributed by atoms with E-state index in [-0.39, 0.29) is 16.4 Å². The molecule has 0 unspecified atom stereocenters. The van der Waals surface area contributed by atoms with Crippen molar-refractivity contribution in [3.63, 3.8) is 0 Å². The van der Waals surface area contributed by atoms with Crippen LogP contribution in [-0.4, -0.2) is 24.1 Å². The Morgan fingerprint density at radius 1 is 1.04 bits per heavy atom. The Bertz CT molecular complexity index is 1100. The molecule has 0 aliphatic rings. The van der Waals surface area contributed by atoms with Gasteiger partial charge in [0.15, 0.2) is 0 Å². The number of nitrogens with one attached hydrogen (secondary N) is 1. The topological polar surface area (TPSA) is 103 Å². The van der Waals surface area contributed by atoms with E-state index < -0.39 is 21.7 Å². The molecule has 27 heavy (non-hydrogen) atoms. The van der Waals surface area contributed by atoms with Gasteiger partial charge in [-0.2, -0.15) is 0 Å². The van der Waals surface area contributed by atoms with E-state index in [1.165, 1.54) is 12.1 Å². The number of rotatable bonds is 3. The number of nitrogens with zero attached hydrogens (tertiary/aromatic N) is 1. The quantitative estimate of drug-likeness (QED) is 0.711. The van der Waals surface area contributed by atoms with E-state index in [1.807, 2.05) is 0 Å². The predicted octanol–water partition coefficient (Wildman–Crippen LogP) is 3.81. The number of nitrogen functional groups attached to an aromatic ring is 1. The zero-order chi connectivity index (χ0) is 19.8. The largest absolute Gasteiger partial charge is 0.444 e. The van der Waals surface area contributed by atoms with E-state index in [0.717, 1.165) is 3.97 Å². The number of amides is 1. The molecule has 3 rings (SSSR count). The van der Waals surface area contributed by atoms with Crippen molar-refractivity contribution < 1.29 is 17.9 Å². The lowest BCUT2D eigenvalue weighted by atomic mass is 10.2. The van der Waals surface area contributed by atoms with Gasteiger partial charge in [-0.05, 0) is 39.0 Å². The highest BCUT2D eigenvalue weighted by Crippen LogP contribution is 2.36. The van der Waals surface area contributed by atoms with Gasteiger partial charge in [0.1, 0.15) is 11.4 Å². The van der Waals surface area contributed by atoms with Crippen molar-refractivity contribution in [2.45, 2.75) is 31.3 Å². The number of carbonyl (C=O) groups is 1. The molecule has 3 aromatic rings. The Morgan fingerprint density at radius 2 is 1.63 bits per heavy atom. The molecule has 0 spiro atoms. The monoisotopic (exact) mass is 387 g/mol. The lowest BCUT2D eigenvalue weighted by Gasteiger charge is -2.19. The van der Waals surface area contributed by atoms with Crippen LogP contribution in [0, 0.1) is 0 Å². The summed E-state index contributed by atoms with van der Waals surface area (Å²) in [6.07, 6.45) is -0.714. The Balaban J connectivity index is 2.16. The maximum Gasteiger partial charge on any atom is 0.412 e. The minimum absolute atomic E-state index is 0.0917. The van der Waals surface area contributed by atoms with Gasteiger partial charge in [-0.1, -0.05) is 36.4 Å². The first kappa shape index (κ1) is 18.8. The SMILES string of the molecule is CC(C)(C)OC(=O)Nc1c(N)n(S(=O)(=O)c2ccccc2)c2ccccc12. The fourth-order valence-electron chi connectivity index (χ4n) is 2.73. The van der Waals surface area contributed by atoms with Crippen molar-refractivity contribution in [2.75, 3.05) is 11.1 Å². The Morgan fingerprint density at radius 3 is 2.26 bits per heavy atom. The van der Waals surface area contributed by atoms with Gasteiger partial charge < -0.3 is 10.5 Å². The summed E-state index contributed by atoms with van der Waals surface area (Å²) in [5.74, 6) is -0.0917. The second kappa shape index (κ2) is 6.62. The van der Waals surface area contributed by atoms with E-state index in [2.05, 4.69) is 5.32 Å². The Hall–Kier alpha value is -3.00. The molecule has 0 fully saturated rings. The zero-order valence-corrected chi connectivity index (χ0v) is 16.1. The summed E-state index contributed by atoms with van der Waals surface area (Å²) in [6, 6.07) is 14.7. The molecule has 0 bridgehead atoms. The van der Waals surface area contributed by atoms with Gasteiger partial charge in [0.2, 0.25) is 0 Å². The summed E-state index contributed by atoms with van der Waals surface area (Å²) in [5, 5.41) is 3.08. The van der Waals surface area contributed by atoms with Gasteiger partial charge in [-0.3, -0.25) is 5.32 Å². The summed E-state index contributed by atoms with van der Waals surface area (Å²) in [4.78, 5) is 12.3. The van der Waals surface area contributed by atoms with Crippen LogP contribution >= 0.6 is 0 Å². The molecule has 0 saturated carbocycles. The minimum atomic E-state index is -3.95. The molecule has 1 heterocycles. The number of benzene rings is 2. The van der Waals surface area contributed by atoms with Crippen LogP contribution in [0.4, 0.5) is 16.3 Å². The molecule has 8 heteroatoms. The molecule has 0 aliphatic heterocycles. The second-order valence-electron chi connectivity index (χ2n) is 6.99. The molecule has 3 N–H and O–H groups in total. The van der Waals surface area contributed by atoms with E-state index >= 15 is 0 Å². The van der Waals surface area contributed by atoms with Gasteiger partial charge in [0, 0.05) is 5.39 Å². The predicted molar refractivity (Wildman–Crippen MR) is 105 cm³/mol. The first-order chi connectivity index (χ1) is 12.6. The van der Waals surface area contributed by atoms with Crippen LogP contribution in [0.25, 0.3) is 10.9 Å². The summed E-state index contributed by atoms with van der Waals surface area (Å²) in [7, 11) is -3.95. The third-order valence-electron chi connectivity index (χ3n) is 3.77. The number of anilines is 2. The first-order valence-corrected chi connectivity index (χ1v) is 9.75. The van der Waals surface area contributed by atoms with Crippen molar-refractivity contribution in [1.82, 2.24) is 3.97 Å². The number of aromatic nitrogens is 1. The molecule has 7 nitrogen and oxygen atoms in total. The minimum Gasteiger partial charge on any atom is -0.444 e. The second-order valence-corrected chi connectivity index (χ2v) is 8.77. The van der Waals surface area contributed by atoms with Gasteiger partial charge in [-0.25, -0.2) is 17.2 Å². The van der Waals surface area contributed by atoms with Crippen LogP contribution in [0.3, 0.4) is 0 Å². The van der Waals surface area contributed by atoms with Crippen LogP contribution in [0.1, 0.15) is 20.8 Å². The lowest BCUT2D eigenvalue weighted by molar-refractivity contribution is 0.0636. The molecule has 0 aliphatic carbocycles. The highest BCUT2D eigenvalue weighted by atomic mass is 32.2. The van der Waals surface area contributed by atoms with Gasteiger partial charge in [0.25, 0.3) is 10.0 Å². The summed E-state index contributed by atoms with van der Waals surface area (Å²) in [6.45, 7) is 5.21. The number of fused-ring (bicyclic) bond motifs is 1. The van der Waals surface area contributed by atoms with E-state index in [1.54, 1.807) is 63.2 Å². The number of hydrogen-bond donors (Lipinski definition) is 2. The zero-order valence-electron chi connectivity index (χ0n) is 15.3. The van der Waals surface area contributed by atoms with Crippen LogP contribution in [0.15, 0.2) is 59.5 Å². The number of nitrogens with two attached hydrogens (primary N) is 1. The Labute approximate surface area is 157 Å². The molecule has 0 saturated heterocycles.